The molecule has 1 aromatic carbocycles. The van der Waals surface area contributed by atoms with Crippen molar-refractivity contribution in [2.75, 3.05) is 0 Å². The van der Waals surface area contributed by atoms with Crippen LogP contribution >= 0.6 is 0 Å². The molecule has 100 valence electrons. The average molecular weight is 247 g/mol. The van der Waals surface area contributed by atoms with Crippen LogP contribution < -0.4 is 5.32 Å². The minimum Gasteiger partial charge on any atom is -0.353 e. The molecular formula is C16H25NO. The first-order chi connectivity index (χ1) is 8.63. The van der Waals surface area contributed by atoms with Crippen LogP contribution in [0, 0.1) is 5.92 Å². The molecule has 2 unspecified atom stereocenters. The first-order valence-corrected chi connectivity index (χ1v) is 6.97. The predicted octanol–water partition coefficient (Wildman–Crippen LogP) is 3.56. The van der Waals surface area contributed by atoms with Crippen molar-refractivity contribution >= 4 is 5.91 Å². The zero-order valence-electron chi connectivity index (χ0n) is 11.8. The van der Waals surface area contributed by atoms with E-state index in [2.05, 4.69) is 43.4 Å². The molecular weight excluding hydrogens is 222 g/mol. The standard InChI is InChI=1S/C16H25NO/c1-4-8-13(2)16(18)17-14(3)11-12-15-9-6-5-7-10-15/h5-7,9-10,13-14H,4,8,11-12H2,1-3H3,(H,17,18). The summed E-state index contributed by atoms with van der Waals surface area (Å²) in [5.74, 6) is 0.326. The van der Waals surface area contributed by atoms with Gasteiger partial charge in [-0.3, -0.25) is 4.79 Å². The van der Waals surface area contributed by atoms with E-state index < -0.39 is 0 Å². The molecule has 1 amide bonds. The van der Waals surface area contributed by atoms with E-state index >= 15 is 0 Å². The summed E-state index contributed by atoms with van der Waals surface area (Å²) in [5, 5.41) is 3.10. The molecule has 18 heavy (non-hydrogen) atoms. The summed E-state index contributed by atoms with van der Waals surface area (Å²) in [6.45, 7) is 6.20. The molecule has 0 saturated carbocycles. The van der Waals surface area contributed by atoms with Crippen molar-refractivity contribution in [1.29, 1.82) is 0 Å². The molecule has 0 bridgehead atoms. The van der Waals surface area contributed by atoms with E-state index in [4.69, 9.17) is 0 Å². The predicted molar refractivity (Wildman–Crippen MR) is 76.4 cm³/mol. The Morgan fingerprint density at radius 3 is 2.44 bits per heavy atom. The Balaban J connectivity index is 2.29. The van der Waals surface area contributed by atoms with E-state index in [0.29, 0.717) is 0 Å². The summed E-state index contributed by atoms with van der Waals surface area (Å²) in [5.41, 5.74) is 1.33. The summed E-state index contributed by atoms with van der Waals surface area (Å²) < 4.78 is 0. The summed E-state index contributed by atoms with van der Waals surface area (Å²) in [4.78, 5) is 11.8. The molecule has 0 spiro atoms. The van der Waals surface area contributed by atoms with E-state index in [1.165, 1.54) is 5.56 Å². The molecule has 0 saturated heterocycles. The third-order valence-corrected chi connectivity index (χ3v) is 3.27. The van der Waals surface area contributed by atoms with Crippen LogP contribution in [0.4, 0.5) is 0 Å². The number of hydrogen-bond acceptors (Lipinski definition) is 1. The van der Waals surface area contributed by atoms with Crippen LogP contribution in [0.25, 0.3) is 0 Å². The molecule has 1 N–H and O–H groups in total. The lowest BCUT2D eigenvalue weighted by molar-refractivity contribution is -0.125. The molecule has 2 atom stereocenters. The van der Waals surface area contributed by atoms with Crippen molar-refractivity contribution in [3.8, 4) is 0 Å². The molecule has 0 heterocycles. The first-order valence-electron chi connectivity index (χ1n) is 6.97. The van der Waals surface area contributed by atoms with Gasteiger partial charge in [0.05, 0.1) is 0 Å². The van der Waals surface area contributed by atoms with Gasteiger partial charge in [-0.2, -0.15) is 0 Å². The number of benzene rings is 1. The molecule has 0 fully saturated rings. The summed E-state index contributed by atoms with van der Waals surface area (Å²) in [6, 6.07) is 10.7. The lowest BCUT2D eigenvalue weighted by atomic mass is 10.0. The van der Waals surface area contributed by atoms with E-state index in [1.807, 2.05) is 13.0 Å². The second-order valence-corrected chi connectivity index (χ2v) is 5.12. The van der Waals surface area contributed by atoms with Gasteiger partial charge in [0, 0.05) is 12.0 Å². The molecule has 2 heteroatoms. The third-order valence-electron chi connectivity index (χ3n) is 3.27. The maximum atomic E-state index is 11.8. The Kier molecular flexibility index (Phi) is 6.48. The molecule has 2 nitrogen and oxygen atoms in total. The highest BCUT2D eigenvalue weighted by Gasteiger charge is 2.13. The van der Waals surface area contributed by atoms with Gasteiger partial charge in [0.25, 0.3) is 0 Å². The maximum Gasteiger partial charge on any atom is 0.223 e. The summed E-state index contributed by atoms with van der Waals surface area (Å²) >= 11 is 0. The van der Waals surface area contributed by atoms with Gasteiger partial charge >= 0.3 is 0 Å². The van der Waals surface area contributed by atoms with Gasteiger partial charge in [-0.1, -0.05) is 50.6 Å². The Bertz CT molecular complexity index is 347. The third kappa shape index (κ3) is 5.35. The van der Waals surface area contributed by atoms with Gasteiger partial charge < -0.3 is 5.32 Å². The number of rotatable bonds is 7. The fourth-order valence-corrected chi connectivity index (χ4v) is 2.05. The van der Waals surface area contributed by atoms with Gasteiger partial charge in [-0.25, -0.2) is 0 Å². The molecule has 1 rings (SSSR count). The van der Waals surface area contributed by atoms with Crippen LogP contribution in [0.3, 0.4) is 0 Å². The molecule has 0 radical (unpaired) electrons. The number of amides is 1. The van der Waals surface area contributed by atoms with Crippen LogP contribution in [-0.2, 0) is 11.2 Å². The number of hydrogen-bond donors (Lipinski definition) is 1. The second-order valence-electron chi connectivity index (χ2n) is 5.12. The molecule has 0 aliphatic carbocycles. The van der Waals surface area contributed by atoms with Crippen molar-refractivity contribution in [3.63, 3.8) is 0 Å². The molecule has 0 aliphatic rings. The SMILES string of the molecule is CCCC(C)C(=O)NC(C)CCc1ccccc1. The molecule has 0 aromatic heterocycles. The highest BCUT2D eigenvalue weighted by atomic mass is 16.1. The Morgan fingerprint density at radius 2 is 1.83 bits per heavy atom. The van der Waals surface area contributed by atoms with E-state index in [0.717, 1.165) is 25.7 Å². The van der Waals surface area contributed by atoms with Gasteiger partial charge in [0.1, 0.15) is 0 Å². The Labute approximate surface area is 111 Å². The van der Waals surface area contributed by atoms with Gasteiger partial charge in [-0.05, 0) is 31.7 Å². The Hall–Kier alpha value is -1.31. The number of nitrogens with one attached hydrogen (secondary N) is 1. The minimum absolute atomic E-state index is 0.133. The highest BCUT2D eigenvalue weighted by molar-refractivity contribution is 5.78. The second kappa shape index (κ2) is 7.91. The number of carbonyl (C=O) groups is 1. The summed E-state index contributed by atoms with van der Waals surface area (Å²) in [7, 11) is 0. The fraction of sp³-hybridized carbons (Fsp3) is 0.562. The van der Waals surface area contributed by atoms with Gasteiger partial charge in [0.2, 0.25) is 5.91 Å². The van der Waals surface area contributed by atoms with Crippen LogP contribution in [0.15, 0.2) is 30.3 Å². The highest BCUT2D eigenvalue weighted by Crippen LogP contribution is 2.08. The quantitative estimate of drug-likeness (QED) is 0.784. The van der Waals surface area contributed by atoms with Crippen molar-refractivity contribution in [3.05, 3.63) is 35.9 Å². The first kappa shape index (κ1) is 14.7. The summed E-state index contributed by atoms with van der Waals surface area (Å²) in [6.07, 6.45) is 4.04. The van der Waals surface area contributed by atoms with Gasteiger partial charge in [0.15, 0.2) is 0 Å². The van der Waals surface area contributed by atoms with Gasteiger partial charge in [-0.15, -0.1) is 0 Å². The topological polar surface area (TPSA) is 29.1 Å². The van der Waals surface area contributed by atoms with E-state index in [9.17, 15) is 4.79 Å². The van der Waals surface area contributed by atoms with Crippen molar-refractivity contribution in [2.24, 2.45) is 5.92 Å². The lowest BCUT2D eigenvalue weighted by Crippen LogP contribution is -2.36. The van der Waals surface area contributed by atoms with Crippen LogP contribution in [-0.4, -0.2) is 11.9 Å². The fourth-order valence-electron chi connectivity index (χ4n) is 2.05. The average Bonchev–Trinajstić information content (AvgIpc) is 2.38. The van der Waals surface area contributed by atoms with Crippen molar-refractivity contribution < 1.29 is 4.79 Å². The monoisotopic (exact) mass is 247 g/mol. The van der Waals surface area contributed by atoms with Crippen LogP contribution in [0.2, 0.25) is 0 Å². The van der Waals surface area contributed by atoms with E-state index in [1.54, 1.807) is 0 Å². The smallest absolute Gasteiger partial charge is 0.223 e. The zero-order valence-corrected chi connectivity index (χ0v) is 11.8. The van der Waals surface area contributed by atoms with Crippen LogP contribution in [0.1, 0.15) is 45.6 Å². The lowest BCUT2D eigenvalue weighted by Gasteiger charge is -2.17. The minimum atomic E-state index is 0.133. The van der Waals surface area contributed by atoms with Crippen molar-refractivity contribution in [1.82, 2.24) is 5.32 Å². The number of carbonyl (C=O) groups excluding carboxylic acids is 1. The molecule has 1 aromatic rings. The Morgan fingerprint density at radius 1 is 1.17 bits per heavy atom. The van der Waals surface area contributed by atoms with E-state index in [-0.39, 0.29) is 17.9 Å². The van der Waals surface area contributed by atoms with Crippen molar-refractivity contribution in [2.45, 2.75) is 52.5 Å². The van der Waals surface area contributed by atoms with Crippen LogP contribution in [0.5, 0.6) is 0 Å². The zero-order chi connectivity index (χ0) is 13.4. The number of aryl methyl sites for hydroxylation is 1. The maximum absolute atomic E-state index is 11.8. The largest absolute Gasteiger partial charge is 0.353 e. The molecule has 0 aliphatic heterocycles. The normalized spacial score (nSPS) is 13.9.